The SMILES string of the molecule is CC(=O)N1CCc2ccccc2C1CC(=O)N1CCC(CO)CC1. The van der Waals surface area contributed by atoms with E-state index in [-0.39, 0.29) is 24.5 Å². The van der Waals surface area contributed by atoms with Gasteiger partial charge < -0.3 is 14.9 Å². The van der Waals surface area contributed by atoms with Crippen LogP contribution >= 0.6 is 0 Å². The van der Waals surface area contributed by atoms with E-state index in [0.29, 0.717) is 32.0 Å². The normalized spacial score (nSPS) is 21.5. The molecule has 0 aliphatic carbocycles. The molecule has 5 heteroatoms. The van der Waals surface area contributed by atoms with Gasteiger partial charge in [-0.05, 0) is 36.3 Å². The van der Waals surface area contributed by atoms with Gasteiger partial charge in [0.1, 0.15) is 0 Å². The molecule has 2 aliphatic heterocycles. The Hall–Kier alpha value is -1.88. The topological polar surface area (TPSA) is 60.9 Å². The molecule has 0 bridgehead atoms. The lowest BCUT2D eigenvalue weighted by molar-refractivity contribution is -0.137. The van der Waals surface area contributed by atoms with Gasteiger partial charge in [0.25, 0.3) is 0 Å². The minimum Gasteiger partial charge on any atom is -0.396 e. The number of carbonyl (C=O) groups is 2. The quantitative estimate of drug-likeness (QED) is 0.918. The summed E-state index contributed by atoms with van der Waals surface area (Å²) in [6.45, 7) is 3.88. The maximum Gasteiger partial charge on any atom is 0.224 e. The number of nitrogens with zero attached hydrogens (tertiary/aromatic N) is 2. The summed E-state index contributed by atoms with van der Waals surface area (Å²) >= 11 is 0. The third-order valence-electron chi connectivity index (χ3n) is 5.41. The first-order valence-corrected chi connectivity index (χ1v) is 8.83. The molecule has 0 saturated carbocycles. The van der Waals surface area contributed by atoms with E-state index >= 15 is 0 Å². The van der Waals surface area contributed by atoms with Crippen LogP contribution in [0.2, 0.25) is 0 Å². The highest BCUT2D eigenvalue weighted by atomic mass is 16.3. The molecule has 1 unspecified atom stereocenters. The Morgan fingerprint density at radius 3 is 2.54 bits per heavy atom. The molecule has 0 aromatic heterocycles. The molecule has 2 heterocycles. The van der Waals surface area contributed by atoms with Gasteiger partial charge in [0.05, 0.1) is 12.5 Å². The van der Waals surface area contributed by atoms with Crippen LogP contribution in [0.25, 0.3) is 0 Å². The van der Waals surface area contributed by atoms with Gasteiger partial charge in [0.2, 0.25) is 11.8 Å². The number of hydrogen-bond acceptors (Lipinski definition) is 3. The predicted octanol–water partition coefficient (Wildman–Crippen LogP) is 1.75. The van der Waals surface area contributed by atoms with Crippen molar-refractivity contribution in [1.29, 1.82) is 0 Å². The summed E-state index contributed by atoms with van der Waals surface area (Å²) in [5, 5.41) is 9.23. The van der Waals surface area contributed by atoms with Gasteiger partial charge >= 0.3 is 0 Å². The number of hydrogen-bond donors (Lipinski definition) is 1. The van der Waals surface area contributed by atoms with Crippen LogP contribution in [0, 0.1) is 5.92 Å². The average molecular weight is 330 g/mol. The van der Waals surface area contributed by atoms with Crippen molar-refractivity contribution in [1.82, 2.24) is 9.80 Å². The van der Waals surface area contributed by atoms with Crippen LogP contribution < -0.4 is 0 Å². The van der Waals surface area contributed by atoms with Gasteiger partial charge in [-0.1, -0.05) is 24.3 Å². The van der Waals surface area contributed by atoms with Crippen molar-refractivity contribution in [3.8, 4) is 0 Å². The van der Waals surface area contributed by atoms with Gasteiger partial charge in [-0.15, -0.1) is 0 Å². The number of rotatable bonds is 3. The number of likely N-dealkylation sites (tertiary alicyclic amines) is 1. The Balaban J connectivity index is 1.74. The molecule has 0 radical (unpaired) electrons. The minimum atomic E-state index is -0.157. The Bertz CT molecular complexity index is 608. The van der Waals surface area contributed by atoms with Crippen LogP contribution in [0.5, 0.6) is 0 Å². The zero-order valence-corrected chi connectivity index (χ0v) is 14.3. The molecule has 1 N–H and O–H groups in total. The Morgan fingerprint density at radius 2 is 1.88 bits per heavy atom. The Kier molecular flexibility index (Phi) is 5.19. The van der Waals surface area contributed by atoms with Gasteiger partial charge in [0.15, 0.2) is 0 Å². The second kappa shape index (κ2) is 7.34. The summed E-state index contributed by atoms with van der Waals surface area (Å²) in [4.78, 5) is 28.5. The zero-order valence-electron chi connectivity index (χ0n) is 14.3. The van der Waals surface area contributed by atoms with Gasteiger partial charge in [-0.25, -0.2) is 0 Å². The maximum atomic E-state index is 12.8. The van der Waals surface area contributed by atoms with Crippen molar-refractivity contribution in [2.45, 2.75) is 38.6 Å². The molecule has 1 saturated heterocycles. The fraction of sp³-hybridized carbons (Fsp3) is 0.579. The molecular weight excluding hydrogens is 304 g/mol. The highest BCUT2D eigenvalue weighted by Crippen LogP contribution is 2.33. The molecule has 24 heavy (non-hydrogen) atoms. The van der Waals surface area contributed by atoms with Gasteiger partial charge in [0, 0.05) is 33.2 Å². The summed E-state index contributed by atoms with van der Waals surface area (Å²) in [6.07, 6.45) is 2.92. The molecule has 2 amide bonds. The highest BCUT2D eigenvalue weighted by molar-refractivity contribution is 5.80. The largest absolute Gasteiger partial charge is 0.396 e. The van der Waals surface area contributed by atoms with E-state index in [0.717, 1.165) is 24.8 Å². The molecular formula is C19H26N2O3. The van der Waals surface area contributed by atoms with Crippen LogP contribution in [0.15, 0.2) is 24.3 Å². The zero-order chi connectivity index (χ0) is 17.1. The number of aliphatic hydroxyl groups is 1. The van der Waals surface area contributed by atoms with E-state index < -0.39 is 0 Å². The second-order valence-electron chi connectivity index (χ2n) is 6.89. The molecule has 1 fully saturated rings. The Morgan fingerprint density at radius 1 is 1.17 bits per heavy atom. The molecule has 5 nitrogen and oxygen atoms in total. The number of fused-ring (bicyclic) bond motifs is 1. The van der Waals surface area contributed by atoms with E-state index in [1.54, 1.807) is 6.92 Å². The number of aliphatic hydroxyl groups excluding tert-OH is 1. The minimum absolute atomic E-state index is 0.0290. The Labute approximate surface area is 143 Å². The van der Waals surface area contributed by atoms with Crippen molar-refractivity contribution >= 4 is 11.8 Å². The number of benzene rings is 1. The number of carbonyl (C=O) groups excluding carboxylic acids is 2. The van der Waals surface area contributed by atoms with Crippen molar-refractivity contribution < 1.29 is 14.7 Å². The van der Waals surface area contributed by atoms with Crippen molar-refractivity contribution in [2.75, 3.05) is 26.2 Å². The summed E-state index contributed by atoms with van der Waals surface area (Å²) in [6, 6.07) is 7.97. The molecule has 3 rings (SSSR count). The van der Waals surface area contributed by atoms with E-state index in [1.807, 2.05) is 28.0 Å². The molecule has 2 aliphatic rings. The summed E-state index contributed by atoms with van der Waals surface area (Å²) in [5.74, 6) is 0.457. The number of piperidine rings is 1. The van der Waals surface area contributed by atoms with Crippen LogP contribution in [0.1, 0.15) is 43.4 Å². The molecule has 130 valence electrons. The van der Waals surface area contributed by atoms with E-state index in [9.17, 15) is 14.7 Å². The smallest absolute Gasteiger partial charge is 0.224 e. The number of amides is 2. The van der Waals surface area contributed by atoms with Crippen LogP contribution in [0.3, 0.4) is 0 Å². The lowest BCUT2D eigenvalue weighted by Gasteiger charge is -2.38. The first-order chi connectivity index (χ1) is 11.6. The van der Waals surface area contributed by atoms with E-state index in [4.69, 9.17) is 0 Å². The van der Waals surface area contributed by atoms with Crippen molar-refractivity contribution in [3.05, 3.63) is 35.4 Å². The molecule has 1 aromatic carbocycles. The van der Waals surface area contributed by atoms with Gasteiger partial charge in [-0.3, -0.25) is 9.59 Å². The standard InChI is InChI=1S/C19H26N2O3/c1-14(23)21-11-8-16-4-2-3-5-17(16)18(21)12-19(24)20-9-6-15(13-22)7-10-20/h2-5,15,18,22H,6-13H2,1H3. The van der Waals surface area contributed by atoms with Crippen LogP contribution in [0.4, 0.5) is 0 Å². The fourth-order valence-corrected chi connectivity index (χ4v) is 3.91. The first kappa shape index (κ1) is 17.0. The average Bonchev–Trinajstić information content (AvgIpc) is 2.61. The van der Waals surface area contributed by atoms with Gasteiger partial charge in [-0.2, -0.15) is 0 Å². The van der Waals surface area contributed by atoms with Crippen LogP contribution in [-0.2, 0) is 16.0 Å². The lowest BCUT2D eigenvalue weighted by atomic mass is 9.90. The summed E-state index contributed by atoms with van der Waals surface area (Å²) in [7, 11) is 0. The first-order valence-electron chi connectivity index (χ1n) is 8.83. The molecule has 0 spiro atoms. The highest BCUT2D eigenvalue weighted by Gasteiger charge is 2.32. The summed E-state index contributed by atoms with van der Waals surface area (Å²) < 4.78 is 0. The second-order valence-corrected chi connectivity index (χ2v) is 6.89. The maximum absolute atomic E-state index is 12.8. The molecule has 1 aromatic rings. The third kappa shape index (κ3) is 3.46. The van der Waals surface area contributed by atoms with E-state index in [1.165, 1.54) is 5.56 Å². The van der Waals surface area contributed by atoms with Crippen LogP contribution in [-0.4, -0.2) is 53.0 Å². The fourth-order valence-electron chi connectivity index (χ4n) is 3.91. The van der Waals surface area contributed by atoms with Crippen molar-refractivity contribution in [3.63, 3.8) is 0 Å². The monoisotopic (exact) mass is 330 g/mol. The molecule has 1 atom stereocenters. The summed E-state index contributed by atoms with van der Waals surface area (Å²) in [5.41, 5.74) is 2.35. The van der Waals surface area contributed by atoms with E-state index in [2.05, 4.69) is 6.07 Å². The lowest BCUT2D eigenvalue weighted by Crippen LogP contribution is -2.44. The van der Waals surface area contributed by atoms with Crippen molar-refractivity contribution in [2.24, 2.45) is 5.92 Å². The predicted molar refractivity (Wildman–Crippen MR) is 91.3 cm³/mol. The third-order valence-corrected chi connectivity index (χ3v) is 5.41.